The van der Waals surface area contributed by atoms with Crippen LogP contribution in [-0.2, 0) is 39.0 Å². The fraction of sp³-hybridized carbons (Fsp3) is 0.500. The highest BCUT2D eigenvalue weighted by molar-refractivity contribution is 8.00. The number of ether oxygens (including phenoxy) is 4. The van der Waals surface area contributed by atoms with E-state index in [4.69, 9.17) is 42.6 Å². The highest BCUT2D eigenvalue weighted by atomic mass is 32.2. The molecule has 5 amide bonds. The first kappa shape index (κ1) is 68.8. The number of phenolic OH excluding ortho intramolecular Hbond substituents is 2. The number of guanidine groups is 2. The molecule has 2 saturated heterocycles. The van der Waals surface area contributed by atoms with Gasteiger partial charge in [-0.1, -0.05) is 31.7 Å². The molecule has 0 unspecified atom stereocenters. The molecule has 4 aromatic rings. The predicted octanol–water partition coefficient (Wildman–Crippen LogP) is 6.31. The van der Waals surface area contributed by atoms with E-state index in [1.807, 2.05) is 23.5 Å². The molecule has 6 aliphatic rings. The van der Waals surface area contributed by atoms with E-state index in [0.717, 1.165) is 75.7 Å². The Morgan fingerprint density at radius 3 is 1.61 bits per heavy atom. The second-order valence-electron chi connectivity index (χ2n) is 24.1. The zero-order valence-electron chi connectivity index (χ0n) is 52.5. The summed E-state index contributed by atoms with van der Waals surface area (Å²) in [7, 11) is 0. The number of nitrogens with zero attached hydrogens (tertiary/aromatic N) is 2. The Bertz CT molecular complexity index is 3310. The van der Waals surface area contributed by atoms with Gasteiger partial charge >= 0.3 is 5.97 Å². The van der Waals surface area contributed by atoms with Gasteiger partial charge in [0.25, 0.3) is 5.91 Å². The number of hydrogen-bond acceptors (Lipinski definition) is 21. The van der Waals surface area contributed by atoms with Crippen LogP contribution >= 0.6 is 35.7 Å². The molecule has 1 spiro atoms. The fourth-order valence-corrected chi connectivity index (χ4v) is 15.8. The largest absolute Gasteiger partial charge is 0.508 e. The number of esters is 1. The van der Waals surface area contributed by atoms with Crippen molar-refractivity contribution in [3.05, 3.63) is 101 Å². The highest BCUT2D eigenvalue weighted by Crippen LogP contribution is 2.57. The Balaban J connectivity index is 0.612. The van der Waals surface area contributed by atoms with Crippen molar-refractivity contribution >= 4 is 105 Å². The maximum absolute atomic E-state index is 13.6. The Labute approximate surface area is 560 Å². The van der Waals surface area contributed by atoms with Gasteiger partial charge in [-0.3, -0.25) is 24.0 Å². The van der Waals surface area contributed by atoms with Gasteiger partial charge in [0.2, 0.25) is 23.6 Å². The minimum absolute atomic E-state index is 0.0219. The summed E-state index contributed by atoms with van der Waals surface area (Å²) in [6.45, 7) is 2.56. The Hall–Kier alpha value is -8.05. The minimum Gasteiger partial charge on any atom is -0.508 e. The first-order valence-corrected chi connectivity index (χ1v) is 35.0. The molecular weight excluding hydrogens is 1260 g/mol. The third-order valence-corrected chi connectivity index (χ3v) is 20.4. The summed E-state index contributed by atoms with van der Waals surface area (Å²) < 4.78 is 23.7. The van der Waals surface area contributed by atoms with E-state index in [-0.39, 0.29) is 103 Å². The molecule has 0 saturated carbocycles. The molecule has 28 heteroatoms. The van der Waals surface area contributed by atoms with Gasteiger partial charge < -0.3 is 88.5 Å². The quantitative estimate of drug-likeness (QED) is 0.0136. The SMILES string of the molecule is NC1=N[C@H]2[C@H](CS[C@H]2CCCCC(=O)NCCCCCC(=O)Nc2cc(NC(=O)CCCCCNC(=O)CCCC[C@@H]3SC[C@@H]4NC(N)=N[C@@H]43)cc(C(=O)NCCOCCOCCNC(=S)Nc3ccc4c(c3)C(=O)OC43c4ccc(O)cc4Oc4cc(O)ccc43)c2)N1. The van der Waals surface area contributed by atoms with Crippen LogP contribution in [-0.4, -0.2) is 162 Å². The zero-order valence-corrected chi connectivity index (χ0v) is 55.0. The van der Waals surface area contributed by atoms with Crippen LogP contribution in [0.15, 0.2) is 82.8 Å². The van der Waals surface area contributed by atoms with E-state index in [0.29, 0.717) is 131 Å². The van der Waals surface area contributed by atoms with Crippen LogP contribution in [0.3, 0.4) is 0 Å². The summed E-state index contributed by atoms with van der Waals surface area (Å²) >= 11 is 9.37. The number of carbonyl (C=O) groups is 6. The van der Waals surface area contributed by atoms with Crippen LogP contribution in [0.25, 0.3) is 0 Å². The number of nitrogens with one attached hydrogen (secondary N) is 9. The molecule has 0 aliphatic carbocycles. The molecule has 504 valence electrons. The molecule has 0 bridgehead atoms. The molecule has 0 aromatic heterocycles. The Morgan fingerprint density at radius 2 is 1.06 bits per heavy atom. The number of rotatable bonds is 35. The number of thiocarbonyl (C=S) groups is 1. The second kappa shape index (κ2) is 33.4. The second-order valence-corrected chi connectivity index (χ2v) is 27.1. The minimum atomic E-state index is -1.39. The fourth-order valence-electron chi connectivity index (χ4n) is 12.5. The standard InChI is InChI=1S/C66H85N13O12S3/c67-63-76-49-37-93-53(59(49)78-63)11-5-7-13-55(82)69-23-9-1-3-15-57(84)73-41-31-39(32-42(33-41)74-58(85)16-4-2-10-24-70-56(83)14-8-6-12-54-60-50(38-94-54)77-64(68)79-60)61(86)71-25-27-88-29-30-89-28-26-72-65(92)75-40-17-20-46-45(34-40)62(87)91-66(46)47-21-18-43(80)35-51(47)90-52-36-44(81)19-22-48(52)66/h17-22,31-36,49-50,53-54,59-60,80-81H,1-16,23-30,37-38H2,(H,69,82)(H,70,83)(H,71,86)(H,73,84)(H,74,85)(H3,67,76,78)(H3,68,77,79)(H2,72,75,92)/t49-,50-,53-,54-,59-,60-/m0/s1. The Kier molecular flexibility index (Phi) is 24.4. The molecule has 2 fully saturated rings. The van der Waals surface area contributed by atoms with Crippen LogP contribution in [0.2, 0.25) is 0 Å². The van der Waals surface area contributed by atoms with Gasteiger partial charge in [0, 0.05) is 125 Å². The molecule has 10 rings (SSSR count). The number of hydrogen-bond donors (Lipinski definition) is 13. The van der Waals surface area contributed by atoms with Crippen LogP contribution in [0, 0.1) is 0 Å². The third kappa shape index (κ3) is 18.4. The van der Waals surface area contributed by atoms with Gasteiger partial charge in [0.1, 0.15) is 23.0 Å². The summed E-state index contributed by atoms with van der Waals surface area (Å²) in [4.78, 5) is 87.7. The lowest BCUT2D eigenvalue weighted by atomic mass is 9.77. The van der Waals surface area contributed by atoms with Gasteiger partial charge in [0.05, 0.1) is 56.2 Å². The number of aliphatic imine (C=N–C) groups is 2. The van der Waals surface area contributed by atoms with Crippen molar-refractivity contribution in [1.29, 1.82) is 0 Å². The van der Waals surface area contributed by atoms with Gasteiger partial charge in [-0.15, -0.1) is 0 Å². The topological polar surface area (TPSA) is 365 Å². The number of unbranched alkanes of at least 4 members (excludes halogenated alkanes) is 6. The Morgan fingerprint density at radius 1 is 0.564 bits per heavy atom. The van der Waals surface area contributed by atoms with Gasteiger partial charge in [-0.25, -0.2) is 14.8 Å². The van der Waals surface area contributed by atoms with Crippen molar-refractivity contribution in [1.82, 2.24) is 31.9 Å². The molecular formula is C66H85N13O12S3. The number of anilines is 3. The molecule has 15 N–H and O–H groups in total. The number of carbonyl (C=O) groups excluding carboxylic acids is 6. The van der Waals surface area contributed by atoms with Crippen LogP contribution in [0.5, 0.6) is 23.0 Å². The molecule has 94 heavy (non-hydrogen) atoms. The van der Waals surface area contributed by atoms with E-state index in [2.05, 4.69) is 57.8 Å². The van der Waals surface area contributed by atoms with E-state index in [9.17, 15) is 39.0 Å². The van der Waals surface area contributed by atoms with Crippen LogP contribution in [0.4, 0.5) is 17.1 Å². The molecule has 6 atom stereocenters. The van der Waals surface area contributed by atoms with Crippen LogP contribution in [0.1, 0.15) is 140 Å². The predicted molar refractivity (Wildman–Crippen MR) is 367 cm³/mol. The normalized spacial score (nSPS) is 19.7. The molecule has 4 aromatic carbocycles. The molecule has 6 heterocycles. The lowest BCUT2D eigenvalue weighted by Gasteiger charge is -2.36. The lowest BCUT2D eigenvalue weighted by Crippen LogP contribution is -2.38. The number of nitrogens with two attached hydrogens (primary N) is 2. The first-order valence-electron chi connectivity index (χ1n) is 32.5. The summed E-state index contributed by atoms with van der Waals surface area (Å²) in [6, 6.07) is 20.2. The number of amides is 5. The number of aromatic hydroxyl groups is 2. The maximum atomic E-state index is 13.6. The average Bonchev–Trinajstić information content (AvgIpc) is 1.42. The number of fused-ring (bicyclic) bond motifs is 8. The first-order chi connectivity index (χ1) is 45.6. The zero-order chi connectivity index (χ0) is 66.0. The van der Waals surface area contributed by atoms with Gasteiger partial charge in [0.15, 0.2) is 22.6 Å². The summed E-state index contributed by atoms with van der Waals surface area (Å²) in [5.41, 5.74) is 13.7. The van der Waals surface area contributed by atoms with E-state index in [1.54, 1.807) is 48.5 Å². The summed E-state index contributed by atoms with van der Waals surface area (Å²) in [5, 5.41) is 48.9. The van der Waals surface area contributed by atoms with E-state index in [1.165, 1.54) is 24.3 Å². The summed E-state index contributed by atoms with van der Waals surface area (Å²) in [6.07, 6.45) is 11.0. The monoisotopic (exact) mass is 1350 g/mol. The lowest BCUT2D eigenvalue weighted by molar-refractivity contribution is -0.122. The number of benzene rings is 4. The molecule has 0 radical (unpaired) electrons. The number of thioether (sulfide) groups is 2. The highest BCUT2D eigenvalue weighted by Gasteiger charge is 2.54. The van der Waals surface area contributed by atoms with Gasteiger partial charge in [-0.05, 0) is 118 Å². The summed E-state index contributed by atoms with van der Waals surface area (Å²) in [5.74, 6) is 2.06. The van der Waals surface area contributed by atoms with Crippen molar-refractivity contribution in [2.75, 3.05) is 80.1 Å². The van der Waals surface area contributed by atoms with Crippen LogP contribution < -0.4 is 64.1 Å². The van der Waals surface area contributed by atoms with Crippen molar-refractivity contribution in [3.63, 3.8) is 0 Å². The van der Waals surface area contributed by atoms with E-state index >= 15 is 0 Å². The molecule has 6 aliphatic heterocycles. The third-order valence-electron chi connectivity index (χ3n) is 17.1. The van der Waals surface area contributed by atoms with Crippen molar-refractivity contribution < 1.29 is 57.9 Å². The number of phenols is 2. The van der Waals surface area contributed by atoms with Crippen molar-refractivity contribution in [3.8, 4) is 23.0 Å². The molecule has 25 nitrogen and oxygen atoms in total. The van der Waals surface area contributed by atoms with Gasteiger partial charge in [-0.2, -0.15) is 23.5 Å². The maximum Gasteiger partial charge on any atom is 0.340 e. The van der Waals surface area contributed by atoms with E-state index < -0.39 is 17.5 Å². The van der Waals surface area contributed by atoms with Crippen molar-refractivity contribution in [2.24, 2.45) is 21.5 Å². The smallest absolute Gasteiger partial charge is 0.340 e. The average molecular weight is 1350 g/mol. The van der Waals surface area contributed by atoms with Crippen molar-refractivity contribution in [2.45, 2.75) is 143 Å².